The summed E-state index contributed by atoms with van der Waals surface area (Å²) in [6.07, 6.45) is 10.2. The third-order valence-electron chi connectivity index (χ3n) is 13.9. The second-order valence-corrected chi connectivity index (χ2v) is 17.0. The number of methoxy groups -OCH3 is 2. The van der Waals surface area contributed by atoms with Gasteiger partial charge >= 0.3 is 11.9 Å². The Kier molecular flexibility index (Phi) is 8.33. The van der Waals surface area contributed by atoms with Crippen molar-refractivity contribution in [2.24, 2.45) is 22.7 Å². The van der Waals surface area contributed by atoms with Crippen LogP contribution in [-0.2, 0) is 42.7 Å². The molecule has 250 valence electrons. The molecule has 0 aliphatic heterocycles. The second-order valence-electron chi connectivity index (χ2n) is 17.0. The number of esters is 2. The van der Waals surface area contributed by atoms with E-state index in [-0.39, 0.29) is 34.6 Å². The van der Waals surface area contributed by atoms with Crippen LogP contribution in [0.15, 0.2) is 24.3 Å². The zero-order valence-electron chi connectivity index (χ0n) is 30.3. The molecule has 2 fully saturated rings. The van der Waals surface area contributed by atoms with Gasteiger partial charge in [0.15, 0.2) is 0 Å². The van der Waals surface area contributed by atoms with Crippen LogP contribution in [0.5, 0.6) is 0 Å². The van der Waals surface area contributed by atoms with Crippen molar-refractivity contribution in [3.63, 3.8) is 0 Å². The van der Waals surface area contributed by atoms with E-state index in [4.69, 9.17) is 9.47 Å². The Morgan fingerprint density at radius 1 is 0.630 bits per heavy atom. The average molecular weight is 627 g/mol. The molecule has 0 spiro atoms. The maximum Gasteiger partial charge on any atom is 0.311 e. The standard InChI is InChI=1S/C42H58O4/c1-25(2)29-21-27-13-15-35-39(5,17-11-19-41(35,7)37(43)45-9)33(27)23-31(29)32-24-34-28(22-30(32)26(3)4)14-16-36-40(34,6)18-12-20-42(36,8)38(44)46-10/h21-26,35-36H,11-20H2,1-10H3. The molecule has 0 amide bonds. The maximum atomic E-state index is 13.3. The van der Waals surface area contributed by atoms with Crippen LogP contribution in [0.1, 0.15) is 152 Å². The second kappa shape index (κ2) is 11.5. The van der Waals surface area contributed by atoms with E-state index in [1.807, 2.05) is 0 Å². The van der Waals surface area contributed by atoms with Gasteiger partial charge in [0.2, 0.25) is 0 Å². The smallest absolute Gasteiger partial charge is 0.311 e. The lowest BCUT2D eigenvalue weighted by Crippen LogP contribution is -2.52. The van der Waals surface area contributed by atoms with Crippen molar-refractivity contribution in [1.82, 2.24) is 0 Å². The molecule has 2 aromatic carbocycles. The molecule has 0 aromatic heterocycles. The van der Waals surface area contributed by atoms with Crippen LogP contribution in [0.3, 0.4) is 0 Å². The Hall–Kier alpha value is -2.62. The van der Waals surface area contributed by atoms with E-state index in [1.54, 1.807) is 14.2 Å². The normalized spacial score (nSPS) is 33.5. The van der Waals surface area contributed by atoms with E-state index in [0.717, 1.165) is 64.2 Å². The third-order valence-corrected chi connectivity index (χ3v) is 13.9. The molecule has 0 radical (unpaired) electrons. The van der Waals surface area contributed by atoms with Crippen LogP contribution < -0.4 is 0 Å². The number of carbonyl (C=O) groups is 2. The number of rotatable bonds is 5. The molecule has 6 rings (SSSR count). The Morgan fingerprint density at radius 3 is 1.33 bits per heavy atom. The van der Waals surface area contributed by atoms with Crippen LogP contribution in [-0.4, -0.2) is 26.2 Å². The van der Waals surface area contributed by atoms with Gasteiger partial charge in [-0.3, -0.25) is 9.59 Å². The minimum absolute atomic E-state index is 0.0445. The third kappa shape index (κ3) is 4.73. The Balaban J connectivity index is 1.56. The molecule has 4 heteroatoms. The van der Waals surface area contributed by atoms with E-state index < -0.39 is 10.8 Å². The Bertz CT molecular complexity index is 1440. The number of carbonyl (C=O) groups excluding carboxylic acids is 2. The first-order valence-corrected chi connectivity index (χ1v) is 18.2. The topological polar surface area (TPSA) is 52.6 Å². The highest BCUT2D eigenvalue weighted by Gasteiger charge is 2.57. The summed E-state index contributed by atoms with van der Waals surface area (Å²) >= 11 is 0. The highest BCUT2D eigenvalue weighted by Crippen LogP contribution is 2.60. The number of hydrogen-bond acceptors (Lipinski definition) is 4. The highest BCUT2D eigenvalue weighted by molar-refractivity contribution is 5.80. The first-order valence-electron chi connectivity index (χ1n) is 18.2. The largest absolute Gasteiger partial charge is 0.469 e. The Morgan fingerprint density at radius 2 is 1.00 bits per heavy atom. The van der Waals surface area contributed by atoms with Crippen LogP contribution in [0.2, 0.25) is 0 Å². The van der Waals surface area contributed by atoms with Crippen molar-refractivity contribution in [2.75, 3.05) is 14.2 Å². The number of hydrogen-bond donors (Lipinski definition) is 0. The fraction of sp³-hybridized carbons (Fsp3) is 0.667. The van der Waals surface area contributed by atoms with E-state index >= 15 is 0 Å². The van der Waals surface area contributed by atoms with Gasteiger partial charge in [0.1, 0.15) is 0 Å². The first-order chi connectivity index (χ1) is 21.7. The summed E-state index contributed by atoms with van der Waals surface area (Å²) in [4.78, 5) is 26.6. The molecule has 2 aromatic rings. The lowest BCUT2D eigenvalue weighted by atomic mass is 9.49. The molecular formula is C42H58O4. The average Bonchev–Trinajstić information content (AvgIpc) is 3.02. The molecule has 2 saturated carbocycles. The molecule has 4 aliphatic carbocycles. The van der Waals surface area contributed by atoms with E-state index in [2.05, 4.69) is 79.7 Å². The van der Waals surface area contributed by atoms with E-state index in [1.165, 1.54) is 44.5 Å². The number of fused-ring (bicyclic) bond motifs is 6. The fourth-order valence-corrected chi connectivity index (χ4v) is 11.4. The van der Waals surface area contributed by atoms with Gasteiger partial charge in [0, 0.05) is 0 Å². The minimum Gasteiger partial charge on any atom is -0.469 e. The van der Waals surface area contributed by atoms with Gasteiger partial charge in [-0.15, -0.1) is 0 Å². The van der Waals surface area contributed by atoms with Crippen LogP contribution in [0.25, 0.3) is 11.1 Å². The number of benzene rings is 2. The highest BCUT2D eigenvalue weighted by atomic mass is 16.5. The van der Waals surface area contributed by atoms with Crippen LogP contribution in [0.4, 0.5) is 0 Å². The van der Waals surface area contributed by atoms with Crippen molar-refractivity contribution < 1.29 is 19.1 Å². The monoisotopic (exact) mass is 626 g/mol. The van der Waals surface area contributed by atoms with E-state index in [9.17, 15) is 9.59 Å². The van der Waals surface area contributed by atoms with Gasteiger partial charge in [-0.1, -0.05) is 78.6 Å². The molecule has 0 heterocycles. The van der Waals surface area contributed by atoms with Crippen molar-refractivity contribution >= 4 is 11.9 Å². The summed E-state index contributed by atoms with van der Waals surface area (Å²) < 4.78 is 10.9. The summed E-state index contributed by atoms with van der Waals surface area (Å²) in [6.45, 7) is 18.5. The predicted molar refractivity (Wildman–Crippen MR) is 186 cm³/mol. The van der Waals surface area contributed by atoms with Crippen LogP contribution in [0, 0.1) is 22.7 Å². The van der Waals surface area contributed by atoms with Crippen molar-refractivity contribution in [3.8, 4) is 11.1 Å². The zero-order valence-corrected chi connectivity index (χ0v) is 30.3. The van der Waals surface area contributed by atoms with Crippen molar-refractivity contribution in [1.29, 1.82) is 0 Å². The van der Waals surface area contributed by atoms with Gasteiger partial charge in [0.05, 0.1) is 25.0 Å². The molecule has 6 atom stereocenters. The molecule has 0 bridgehead atoms. The van der Waals surface area contributed by atoms with Crippen molar-refractivity contribution in [3.05, 3.63) is 57.6 Å². The molecule has 4 nitrogen and oxygen atoms in total. The lowest BCUT2D eigenvalue weighted by Gasteiger charge is -2.54. The van der Waals surface area contributed by atoms with Gasteiger partial charge in [-0.05, 0) is 144 Å². The lowest BCUT2D eigenvalue weighted by molar-refractivity contribution is -0.162. The van der Waals surface area contributed by atoms with Crippen molar-refractivity contribution in [2.45, 2.75) is 142 Å². The van der Waals surface area contributed by atoms with Gasteiger partial charge in [-0.25, -0.2) is 0 Å². The van der Waals surface area contributed by atoms with Gasteiger partial charge in [0.25, 0.3) is 0 Å². The number of ether oxygens (including phenoxy) is 2. The SMILES string of the molecule is COC(=O)C1(C)CCCC2(C)c3cc(-c4cc5c(cc4C(C)C)CCC4C(C)(C(=O)OC)CCCC54C)c(C(C)C)cc3CCC12. The summed E-state index contributed by atoms with van der Waals surface area (Å²) in [6, 6.07) is 10.2. The molecule has 4 aliphatic rings. The fourth-order valence-electron chi connectivity index (χ4n) is 11.4. The molecule has 46 heavy (non-hydrogen) atoms. The van der Waals surface area contributed by atoms with Crippen LogP contribution >= 0.6 is 0 Å². The zero-order chi connectivity index (χ0) is 33.4. The molecule has 6 unspecified atom stereocenters. The first kappa shape index (κ1) is 33.3. The predicted octanol–water partition coefficient (Wildman–Crippen LogP) is 9.97. The summed E-state index contributed by atoms with van der Waals surface area (Å²) in [5.74, 6) is 1.20. The van der Waals surface area contributed by atoms with Gasteiger partial charge in [-0.2, -0.15) is 0 Å². The molecule has 0 N–H and O–H groups in total. The molecule has 0 saturated heterocycles. The summed E-state index contributed by atoms with van der Waals surface area (Å²) in [5.41, 5.74) is 10.4. The Labute approximate surface area is 278 Å². The molecular weight excluding hydrogens is 568 g/mol. The quantitative estimate of drug-likeness (QED) is 0.310. The number of aryl methyl sites for hydroxylation is 2. The summed E-state index contributed by atoms with van der Waals surface area (Å²) in [5, 5.41) is 0. The maximum absolute atomic E-state index is 13.3. The van der Waals surface area contributed by atoms with E-state index in [0.29, 0.717) is 11.8 Å². The minimum atomic E-state index is -0.456. The van der Waals surface area contributed by atoms with Gasteiger partial charge < -0.3 is 9.47 Å². The summed E-state index contributed by atoms with van der Waals surface area (Å²) in [7, 11) is 3.11.